The Hall–Kier alpha value is -2.30. The zero-order valence-electron chi connectivity index (χ0n) is 15.4. The maximum absolute atomic E-state index is 6.37. The molecular formula is C22H23ClN4. The third kappa shape index (κ3) is 4.18. The molecule has 1 saturated heterocycles. The minimum atomic E-state index is 0.165. The number of piperidine rings is 1. The number of nitrogens with one attached hydrogen (secondary N) is 1. The smallest absolute Gasteiger partial charge is 0.0759 e. The van der Waals surface area contributed by atoms with Crippen LogP contribution in [0.2, 0.25) is 5.02 Å². The summed E-state index contributed by atoms with van der Waals surface area (Å²) in [6, 6.07) is 14.4. The number of hydrogen-bond acceptors (Lipinski definition) is 4. The van der Waals surface area contributed by atoms with E-state index in [0.29, 0.717) is 0 Å². The minimum absolute atomic E-state index is 0.165. The van der Waals surface area contributed by atoms with Gasteiger partial charge in [-0.1, -0.05) is 23.7 Å². The molecule has 0 aromatic carbocycles. The highest BCUT2D eigenvalue weighted by Gasteiger charge is 2.27. The molecule has 1 fully saturated rings. The molecule has 0 bridgehead atoms. The zero-order chi connectivity index (χ0) is 18.6. The first kappa shape index (κ1) is 18.1. The molecule has 0 amide bonds. The molecule has 5 heteroatoms. The fourth-order valence-electron chi connectivity index (χ4n) is 3.75. The van der Waals surface area contributed by atoms with Gasteiger partial charge < -0.3 is 5.32 Å². The van der Waals surface area contributed by atoms with Crippen LogP contribution in [0.1, 0.15) is 59.7 Å². The number of hydrogen-bond donors (Lipinski definition) is 1. The maximum Gasteiger partial charge on any atom is 0.0759 e. The first-order chi connectivity index (χ1) is 13.2. The number of aromatic nitrogens is 3. The van der Waals surface area contributed by atoms with E-state index in [4.69, 9.17) is 16.6 Å². The summed E-state index contributed by atoms with van der Waals surface area (Å²) in [7, 11) is 0. The van der Waals surface area contributed by atoms with E-state index < -0.39 is 0 Å². The standard InChI is InChI=1S/C22H23ClN4/c1-15-10-11-17(14-16-6-2-3-12-24-16)26-21(15)19-8-4-9-20(27-19)22-18(23)7-5-13-25-22/h2-3,5-7,10-13,19-20,27H,4,8-9,14H2,1H3/t19-,20+/m1/s1. The van der Waals surface area contributed by atoms with Crippen LogP contribution in [0.3, 0.4) is 0 Å². The highest BCUT2D eigenvalue weighted by atomic mass is 35.5. The van der Waals surface area contributed by atoms with Gasteiger partial charge in [-0.2, -0.15) is 0 Å². The molecule has 1 N–H and O–H groups in total. The normalized spacial score (nSPS) is 19.8. The van der Waals surface area contributed by atoms with Gasteiger partial charge in [0.05, 0.1) is 28.5 Å². The Balaban J connectivity index is 1.57. The predicted octanol–water partition coefficient (Wildman–Crippen LogP) is 4.98. The molecule has 3 aromatic rings. The molecular weight excluding hydrogens is 356 g/mol. The van der Waals surface area contributed by atoms with E-state index in [9.17, 15) is 0 Å². The Morgan fingerprint density at radius 3 is 2.52 bits per heavy atom. The van der Waals surface area contributed by atoms with Gasteiger partial charge >= 0.3 is 0 Å². The second-order valence-corrected chi connectivity index (χ2v) is 7.48. The molecule has 3 aromatic heterocycles. The number of pyridine rings is 3. The number of aryl methyl sites for hydroxylation is 1. The lowest BCUT2D eigenvalue weighted by molar-refractivity contribution is 0.320. The molecule has 2 atom stereocenters. The van der Waals surface area contributed by atoms with E-state index in [1.807, 2.05) is 42.7 Å². The molecule has 4 nitrogen and oxygen atoms in total. The van der Waals surface area contributed by atoms with Crippen LogP contribution in [0.25, 0.3) is 0 Å². The second-order valence-electron chi connectivity index (χ2n) is 7.08. The molecule has 4 heterocycles. The first-order valence-electron chi connectivity index (χ1n) is 9.43. The van der Waals surface area contributed by atoms with E-state index in [-0.39, 0.29) is 12.1 Å². The van der Waals surface area contributed by atoms with Crippen molar-refractivity contribution in [3.05, 3.63) is 88.2 Å². The van der Waals surface area contributed by atoms with Crippen LogP contribution in [0, 0.1) is 6.92 Å². The van der Waals surface area contributed by atoms with Crippen LogP contribution in [-0.4, -0.2) is 15.0 Å². The molecule has 0 radical (unpaired) electrons. The zero-order valence-corrected chi connectivity index (χ0v) is 16.2. The summed E-state index contributed by atoms with van der Waals surface area (Å²) >= 11 is 6.37. The van der Waals surface area contributed by atoms with Crippen molar-refractivity contribution in [1.82, 2.24) is 20.3 Å². The van der Waals surface area contributed by atoms with E-state index in [2.05, 4.69) is 34.3 Å². The van der Waals surface area contributed by atoms with E-state index >= 15 is 0 Å². The van der Waals surface area contributed by atoms with Crippen LogP contribution in [-0.2, 0) is 6.42 Å². The summed E-state index contributed by atoms with van der Waals surface area (Å²) < 4.78 is 0. The molecule has 1 aliphatic rings. The molecule has 0 spiro atoms. The van der Waals surface area contributed by atoms with E-state index in [1.54, 1.807) is 0 Å². The summed E-state index contributed by atoms with van der Waals surface area (Å²) in [6.45, 7) is 2.13. The summed E-state index contributed by atoms with van der Waals surface area (Å²) in [6.07, 6.45) is 7.62. The summed E-state index contributed by atoms with van der Waals surface area (Å²) in [5.41, 5.74) is 5.36. The van der Waals surface area contributed by atoms with Crippen molar-refractivity contribution in [2.45, 2.75) is 44.7 Å². The van der Waals surface area contributed by atoms with Crippen LogP contribution < -0.4 is 5.32 Å². The summed E-state index contributed by atoms with van der Waals surface area (Å²) in [5.74, 6) is 0. The minimum Gasteiger partial charge on any atom is -0.300 e. The fraction of sp³-hybridized carbons (Fsp3) is 0.318. The van der Waals surface area contributed by atoms with Crippen molar-refractivity contribution in [2.75, 3.05) is 0 Å². The number of halogens is 1. The van der Waals surface area contributed by atoms with Gasteiger partial charge in [0.2, 0.25) is 0 Å². The quantitative estimate of drug-likeness (QED) is 0.695. The molecule has 138 valence electrons. The maximum atomic E-state index is 6.37. The van der Waals surface area contributed by atoms with Crippen LogP contribution >= 0.6 is 11.6 Å². The average molecular weight is 379 g/mol. The monoisotopic (exact) mass is 378 g/mol. The lowest BCUT2D eigenvalue weighted by atomic mass is 9.92. The molecule has 27 heavy (non-hydrogen) atoms. The Bertz CT molecular complexity index is 913. The van der Waals surface area contributed by atoms with Crippen LogP contribution in [0.5, 0.6) is 0 Å². The van der Waals surface area contributed by atoms with Crippen LogP contribution in [0.4, 0.5) is 0 Å². The first-order valence-corrected chi connectivity index (χ1v) is 9.81. The van der Waals surface area contributed by atoms with Gasteiger partial charge in [-0.25, -0.2) is 0 Å². The molecule has 0 aliphatic carbocycles. The average Bonchev–Trinajstić information content (AvgIpc) is 2.71. The SMILES string of the molecule is Cc1ccc(Cc2ccccn2)nc1[C@H]1CCC[C@@H](c2ncccc2Cl)N1. The van der Waals surface area contributed by atoms with E-state index in [1.165, 1.54) is 5.56 Å². The molecule has 0 unspecified atom stereocenters. The van der Waals surface area contributed by atoms with Gasteiger partial charge in [0.15, 0.2) is 0 Å². The Kier molecular flexibility index (Phi) is 5.46. The summed E-state index contributed by atoms with van der Waals surface area (Å²) in [4.78, 5) is 13.9. The van der Waals surface area contributed by atoms with Crippen molar-refractivity contribution in [3.8, 4) is 0 Å². The van der Waals surface area contributed by atoms with Crippen molar-refractivity contribution in [3.63, 3.8) is 0 Å². The largest absolute Gasteiger partial charge is 0.300 e. The second kappa shape index (κ2) is 8.15. The van der Waals surface area contributed by atoms with Gasteiger partial charge in [0.25, 0.3) is 0 Å². The highest BCUT2D eigenvalue weighted by molar-refractivity contribution is 6.31. The summed E-state index contributed by atoms with van der Waals surface area (Å²) in [5, 5.41) is 4.46. The van der Waals surface area contributed by atoms with E-state index in [0.717, 1.165) is 53.5 Å². The van der Waals surface area contributed by atoms with Gasteiger partial charge in [-0.15, -0.1) is 0 Å². The van der Waals surface area contributed by atoms with Gasteiger partial charge in [0.1, 0.15) is 0 Å². The van der Waals surface area contributed by atoms with Crippen LogP contribution in [0.15, 0.2) is 54.9 Å². The topological polar surface area (TPSA) is 50.7 Å². The number of nitrogens with zero attached hydrogens (tertiary/aromatic N) is 3. The lowest BCUT2D eigenvalue weighted by Gasteiger charge is -2.31. The van der Waals surface area contributed by atoms with Crippen molar-refractivity contribution in [2.24, 2.45) is 0 Å². The van der Waals surface area contributed by atoms with Crippen molar-refractivity contribution < 1.29 is 0 Å². The Labute approximate surface area is 165 Å². The lowest BCUT2D eigenvalue weighted by Crippen LogP contribution is -2.32. The highest BCUT2D eigenvalue weighted by Crippen LogP contribution is 2.34. The molecule has 1 aliphatic heterocycles. The van der Waals surface area contributed by atoms with Gasteiger partial charge in [0, 0.05) is 30.2 Å². The van der Waals surface area contributed by atoms with Gasteiger partial charge in [-0.3, -0.25) is 15.0 Å². The fourth-order valence-corrected chi connectivity index (χ4v) is 4.00. The third-order valence-corrected chi connectivity index (χ3v) is 5.44. The molecule has 0 saturated carbocycles. The Morgan fingerprint density at radius 2 is 1.74 bits per heavy atom. The van der Waals surface area contributed by atoms with Gasteiger partial charge in [-0.05, 0) is 62.1 Å². The number of rotatable bonds is 4. The van der Waals surface area contributed by atoms with Crippen molar-refractivity contribution >= 4 is 11.6 Å². The Morgan fingerprint density at radius 1 is 0.926 bits per heavy atom. The van der Waals surface area contributed by atoms with Crippen molar-refractivity contribution in [1.29, 1.82) is 0 Å². The predicted molar refractivity (Wildman–Crippen MR) is 108 cm³/mol. The molecule has 4 rings (SSSR count). The third-order valence-electron chi connectivity index (χ3n) is 5.12.